The van der Waals surface area contributed by atoms with Crippen LogP contribution in [-0.2, 0) is 11.3 Å². The van der Waals surface area contributed by atoms with E-state index in [9.17, 15) is 9.18 Å². The summed E-state index contributed by atoms with van der Waals surface area (Å²) in [5.41, 5.74) is 0.842. The van der Waals surface area contributed by atoms with Crippen molar-refractivity contribution in [2.75, 3.05) is 13.7 Å². The van der Waals surface area contributed by atoms with E-state index in [1.54, 1.807) is 30.5 Å². The van der Waals surface area contributed by atoms with Gasteiger partial charge in [0, 0.05) is 12.4 Å². The first-order valence-electron chi connectivity index (χ1n) is 6.08. The van der Waals surface area contributed by atoms with Crippen LogP contribution >= 0.6 is 11.3 Å². The van der Waals surface area contributed by atoms with E-state index >= 15 is 0 Å². The Morgan fingerprint density at radius 3 is 2.85 bits per heavy atom. The maximum atomic E-state index is 13.3. The van der Waals surface area contributed by atoms with Crippen molar-refractivity contribution in [3.05, 3.63) is 46.2 Å². The summed E-state index contributed by atoms with van der Waals surface area (Å²) in [6.07, 6.45) is 0. The summed E-state index contributed by atoms with van der Waals surface area (Å²) in [6, 6.07) is 6.01. The fourth-order valence-corrected chi connectivity index (χ4v) is 2.23. The van der Waals surface area contributed by atoms with Crippen molar-refractivity contribution in [2.24, 2.45) is 0 Å². The minimum absolute atomic E-state index is 0.0822. The van der Waals surface area contributed by atoms with Gasteiger partial charge >= 0.3 is 0 Å². The second-order valence-corrected chi connectivity index (χ2v) is 5.39. The first kappa shape index (κ1) is 14.5. The van der Waals surface area contributed by atoms with Crippen molar-refractivity contribution in [3.63, 3.8) is 0 Å². The van der Waals surface area contributed by atoms with E-state index in [2.05, 4.69) is 4.98 Å². The molecule has 20 heavy (non-hydrogen) atoms. The van der Waals surface area contributed by atoms with Crippen molar-refractivity contribution >= 4 is 17.2 Å². The van der Waals surface area contributed by atoms with Crippen LogP contribution in [-0.4, -0.2) is 29.4 Å². The molecular formula is C14H15FN2O2S. The van der Waals surface area contributed by atoms with Crippen molar-refractivity contribution < 1.29 is 13.9 Å². The molecule has 2 rings (SSSR count). The Morgan fingerprint density at radius 1 is 1.45 bits per heavy atom. The second kappa shape index (κ2) is 6.47. The average Bonchev–Trinajstić information content (AvgIpc) is 2.82. The third-order valence-electron chi connectivity index (χ3n) is 2.68. The van der Waals surface area contributed by atoms with Gasteiger partial charge in [-0.1, -0.05) is 12.1 Å². The average molecular weight is 294 g/mol. The van der Waals surface area contributed by atoms with Crippen LogP contribution in [0, 0.1) is 12.7 Å². The molecule has 1 aromatic heterocycles. The van der Waals surface area contributed by atoms with Crippen LogP contribution in [0.4, 0.5) is 4.39 Å². The second-order valence-electron chi connectivity index (χ2n) is 4.33. The number of rotatable bonds is 5. The number of nitrogens with zero attached hydrogens (tertiary/aromatic N) is 2. The monoisotopic (exact) mass is 294 g/mol. The molecule has 106 valence electrons. The van der Waals surface area contributed by atoms with E-state index in [1.807, 2.05) is 12.3 Å². The molecule has 0 atom stereocenters. The Morgan fingerprint density at radius 2 is 2.20 bits per heavy atom. The van der Waals surface area contributed by atoms with Gasteiger partial charge < -0.3 is 9.64 Å². The summed E-state index contributed by atoms with van der Waals surface area (Å²) in [6.45, 7) is 2.14. The zero-order valence-corrected chi connectivity index (χ0v) is 12.1. The first-order valence-corrected chi connectivity index (χ1v) is 6.96. The first-order chi connectivity index (χ1) is 9.56. The highest BCUT2D eigenvalue weighted by atomic mass is 32.1. The summed E-state index contributed by atoms with van der Waals surface area (Å²) in [7, 11) is 1.67. The van der Waals surface area contributed by atoms with Crippen molar-refractivity contribution in [1.82, 2.24) is 9.88 Å². The number of likely N-dealkylation sites (N-methyl/N-ethyl adjacent to an activating group) is 1. The van der Waals surface area contributed by atoms with Gasteiger partial charge in [-0.3, -0.25) is 4.79 Å². The van der Waals surface area contributed by atoms with Gasteiger partial charge in [-0.05, 0) is 19.1 Å². The fraction of sp³-hybridized carbons (Fsp3) is 0.286. The molecule has 0 bridgehead atoms. The summed E-state index contributed by atoms with van der Waals surface area (Å²) in [4.78, 5) is 17.7. The molecule has 0 saturated heterocycles. The molecule has 1 heterocycles. The Labute approximate surface area is 120 Å². The van der Waals surface area contributed by atoms with Crippen LogP contribution in [0.25, 0.3) is 0 Å². The Balaban J connectivity index is 1.87. The number of carbonyl (C=O) groups is 1. The number of amides is 1. The lowest BCUT2D eigenvalue weighted by atomic mass is 10.3. The molecule has 1 aromatic carbocycles. The molecule has 6 heteroatoms. The lowest BCUT2D eigenvalue weighted by molar-refractivity contribution is -0.132. The van der Waals surface area contributed by atoms with Crippen LogP contribution in [0.3, 0.4) is 0 Å². The van der Waals surface area contributed by atoms with Crippen LogP contribution in [0.2, 0.25) is 0 Å². The van der Waals surface area contributed by atoms with Crippen LogP contribution in [0.15, 0.2) is 29.6 Å². The van der Waals surface area contributed by atoms with Crippen LogP contribution < -0.4 is 4.74 Å². The third kappa shape index (κ3) is 3.77. The third-order valence-corrected chi connectivity index (χ3v) is 3.50. The summed E-state index contributed by atoms with van der Waals surface area (Å²) in [5, 5.41) is 2.88. The van der Waals surface area contributed by atoms with Gasteiger partial charge in [-0.2, -0.15) is 0 Å². The van der Waals surface area contributed by atoms with Gasteiger partial charge in [0.15, 0.2) is 18.2 Å². The normalized spacial score (nSPS) is 10.3. The molecule has 0 aliphatic heterocycles. The molecule has 0 aliphatic rings. The smallest absolute Gasteiger partial charge is 0.260 e. The fourth-order valence-electron chi connectivity index (χ4n) is 1.62. The molecule has 0 N–H and O–H groups in total. The predicted octanol–water partition coefficient (Wildman–Crippen LogP) is 2.63. The summed E-state index contributed by atoms with van der Waals surface area (Å²) >= 11 is 1.54. The molecule has 4 nitrogen and oxygen atoms in total. The van der Waals surface area contributed by atoms with Gasteiger partial charge in [0.2, 0.25) is 0 Å². The maximum Gasteiger partial charge on any atom is 0.260 e. The van der Waals surface area contributed by atoms with E-state index in [0.29, 0.717) is 6.54 Å². The van der Waals surface area contributed by atoms with Crippen LogP contribution in [0.1, 0.15) is 10.7 Å². The standard InChI is InChI=1S/C14H15FN2O2S/c1-10-16-11(9-20-10)7-17(2)14(18)8-19-13-6-4-3-5-12(13)15/h3-6,9H,7-8H2,1-2H3. The number of carbonyl (C=O) groups excluding carboxylic acids is 1. The highest BCUT2D eigenvalue weighted by Gasteiger charge is 2.12. The molecule has 0 fully saturated rings. The van der Waals surface area contributed by atoms with Gasteiger partial charge in [0.25, 0.3) is 5.91 Å². The number of thiazole rings is 1. The molecule has 1 amide bonds. The molecule has 0 saturated carbocycles. The van der Waals surface area contributed by atoms with E-state index in [1.165, 1.54) is 17.0 Å². The number of ether oxygens (including phenoxy) is 1. The molecule has 0 radical (unpaired) electrons. The number of para-hydroxylation sites is 1. The van der Waals surface area contributed by atoms with Crippen molar-refractivity contribution in [3.8, 4) is 5.75 Å². The SMILES string of the molecule is Cc1nc(CN(C)C(=O)COc2ccccc2F)cs1. The maximum absolute atomic E-state index is 13.3. The van der Waals surface area contributed by atoms with Gasteiger partial charge in [0.05, 0.1) is 17.2 Å². The highest BCUT2D eigenvalue weighted by molar-refractivity contribution is 7.09. The van der Waals surface area contributed by atoms with E-state index in [4.69, 9.17) is 4.74 Å². The predicted molar refractivity (Wildman–Crippen MR) is 75.2 cm³/mol. The van der Waals surface area contributed by atoms with E-state index < -0.39 is 5.82 Å². The number of halogens is 1. The molecule has 0 aliphatic carbocycles. The largest absolute Gasteiger partial charge is 0.481 e. The Kier molecular flexibility index (Phi) is 4.68. The minimum atomic E-state index is -0.474. The van der Waals surface area contributed by atoms with Gasteiger partial charge in [-0.25, -0.2) is 9.37 Å². The Bertz CT molecular complexity index is 600. The zero-order chi connectivity index (χ0) is 14.5. The van der Waals surface area contributed by atoms with Gasteiger partial charge in [0.1, 0.15) is 0 Å². The quantitative estimate of drug-likeness (QED) is 0.851. The summed E-state index contributed by atoms with van der Waals surface area (Å²) in [5.74, 6) is -0.615. The molecule has 0 unspecified atom stereocenters. The minimum Gasteiger partial charge on any atom is -0.481 e. The number of hydrogen-bond donors (Lipinski definition) is 0. The highest BCUT2D eigenvalue weighted by Crippen LogP contribution is 2.15. The molecule has 2 aromatic rings. The van der Waals surface area contributed by atoms with Gasteiger partial charge in [-0.15, -0.1) is 11.3 Å². The lowest BCUT2D eigenvalue weighted by Crippen LogP contribution is -2.31. The summed E-state index contributed by atoms with van der Waals surface area (Å²) < 4.78 is 18.5. The number of hydrogen-bond acceptors (Lipinski definition) is 4. The van der Waals surface area contributed by atoms with Crippen LogP contribution in [0.5, 0.6) is 5.75 Å². The zero-order valence-electron chi connectivity index (χ0n) is 11.3. The number of aryl methyl sites for hydroxylation is 1. The Hall–Kier alpha value is -1.95. The number of aromatic nitrogens is 1. The number of benzene rings is 1. The lowest BCUT2D eigenvalue weighted by Gasteiger charge is -2.16. The van der Waals surface area contributed by atoms with Crippen molar-refractivity contribution in [1.29, 1.82) is 0 Å². The van der Waals surface area contributed by atoms with Crippen molar-refractivity contribution in [2.45, 2.75) is 13.5 Å². The molecule has 0 spiro atoms. The topological polar surface area (TPSA) is 42.4 Å². The van der Waals surface area contributed by atoms with E-state index in [0.717, 1.165) is 10.7 Å². The molecular weight excluding hydrogens is 279 g/mol. The van der Waals surface area contributed by atoms with E-state index in [-0.39, 0.29) is 18.3 Å².